The van der Waals surface area contributed by atoms with Gasteiger partial charge in [0.1, 0.15) is 0 Å². The number of anilines is 2. The van der Waals surface area contributed by atoms with Crippen LogP contribution in [0.4, 0.5) is 11.4 Å². The fourth-order valence-electron chi connectivity index (χ4n) is 2.45. The second-order valence-corrected chi connectivity index (χ2v) is 5.57. The highest BCUT2D eigenvalue weighted by Gasteiger charge is 2.10. The maximum atomic E-state index is 5.98. The van der Waals surface area contributed by atoms with Crippen LogP contribution in [0.2, 0.25) is 5.02 Å². The van der Waals surface area contributed by atoms with E-state index >= 15 is 0 Å². The minimum Gasteiger partial charge on any atom is -0.381 e. The van der Waals surface area contributed by atoms with Crippen molar-refractivity contribution >= 4 is 23.0 Å². The zero-order valence-electron chi connectivity index (χ0n) is 11.9. The molecule has 2 aromatic carbocycles. The van der Waals surface area contributed by atoms with Crippen molar-refractivity contribution in [2.24, 2.45) is 0 Å². The average molecular weight is 303 g/mol. The van der Waals surface area contributed by atoms with E-state index in [0.717, 1.165) is 43.6 Å². The molecule has 0 unspecified atom stereocenters. The zero-order chi connectivity index (χ0) is 14.5. The lowest BCUT2D eigenvalue weighted by Gasteiger charge is -2.28. The number of ether oxygens (including phenoxy) is 1. The van der Waals surface area contributed by atoms with Crippen LogP contribution in [0.25, 0.3) is 0 Å². The number of morpholine rings is 1. The lowest BCUT2D eigenvalue weighted by molar-refractivity contribution is 0.122. The molecule has 0 radical (unpaired) electrons. The molecular weight excluding hydrogens is 284 g/mol. The maximum Gasteiger partial charge on any atom is 0.0642 e. The molecule has 21 heavy (non-hydrogen) atoms. The van der Waals surface area contributed by atoms with Crippen LogP contribution in [0.1, 0.15) is 5.56 Å². The van der Waals surface area contributed by atoms with Gasteiger partial charge in [-0.1, -0.05) is 29.8 Å². The van der Waals surface area contributed by atoms with Crippen LogP contribution >= 0.6 is 11.6 Å². The molecule has 0 saturated carbocycles. The van der Waals surface area contributed by atoms with Gasteiger partial charge in [-0.25, -0.2) is 0 Å². The van der Waals surface area contributed by atoms with Crippen LogP contribution < -0.4 is 10.2 Å². The molecule has 0 spiro atoms. The summed E-state index contributed by atoms with van der Waals surface area (Å²) in [5, 5.41) is 4.14. The summed E-state index contributed by atoms with van der Waals surface area (Å²) < 4.78 is 5.38. The fraction of sp³-hybridized carbons (Fsp3) is 0.294. The monoisotopic (exact) mass is 302 g/mol. The molecule has 2 aromatic rings. The number of nitrogens with zero attached hydrogens (tertiary/aromatic N) is 1. The van der Waals surface area contributed by atoms with E-state index in [9.17, 15) is 0 Å². The Morgan fingerprint density at radius 1 is 1.05 bits per heavy atom. The second-order valence-electron chi connectivity index (χ2n) is 5.13. The molecule has 3 nitrogen and oxygen atoms in total. The van der Waals surface area contributed by atoms with Crippen LogP contribution in [-0.4, -0.2) is 26.3 Å². The van der Waals surface area contributed by atoms with Crippen molar-refractivity contribution in [3.8, 4) is 0 Å². The smallest absolute Gasteiger partial charge is 0.0642 e. The first-order valence-corrected chi connectivity index (χ1v) is 7.60. The lowest BCUT2D eigenvalue weighted by Crippen LogP contribution is -2.36. The van der Waals surface area contributed by atoms with Crippen LogP contribution in [0.3, 0.4) is 0 Å². The Labute approximate surface area is 130 Å². The summed E-state index contributed by atoms with van der Waals surface area (Å²) in [7, 11) is 0. The van der Waals surface area contributed by atoms with E-state index in [0.29, 0.717) is 0 Å². The molecular formula is C17H19ClN2O. The van der Waals surface area contributed by atoms with Crippen molar-refractivity contribution in [1.29, 1.82) is 0 Å². The quantitative estimate of drug-likeness (QED) is 0.930. The van der Waals surface area contributed by atoms with Crippen LogP contribution in [0.15, 0.2) is 48.5 Å². The summed E-state index contributed by atoms with van der Waals surface area (Å²) in [6.07, 6.45) is 0. The molecule has 1 heterocycles. The Bertz CT molecular complexity index is 580. The Morgan fingerprint density at radius 2 is 1.81 bits per heavy atom. The lowest BCUT2D eigenvalue weighted by atomic mass is 10.2. The van der Waals surface area contributed by atoms with Gasteiger partial charge in [-0.05, 0) is 35.9 Å². The molecule has 1 aliphatic rings. The number of nitrogens with one attached hydrogen (secondary N) is 1. The highest BCUT2D eigenvalue weighted by molar-refractivity contribution is 6.30. The van der Waals surface area contributed by atoms with E-state index in [2.05, 4.69) is 34.5 Å². The normalized spacial score (nSPS) is 15.0. The fourth-order valence-corrected chi connectivity index (χ4v) is 2.64. The van der Waals surface area contributed by atoms with Crippen molar-refractivity contribution < 1.29 is 4.74 Å². The Balaban J connectivity index is 1.59. The van der Waals surface area contributed by atoms with Crippen LogP contribution in [0, 0.1) is 0 Å². The van der Waals surface area contributed by atoms with Crippen molar-refractivity contribution in [1.82, 2.24) is 0 Å². The number of hydrogen-bond acceptors (Lipinski definition) is 3. The van der Waals surface area contributed by atoms with Crippen molar-refractivity contribution in [3.05, 3.63) is 59.1 Å². The number of benzene rings is 2. The van der Waals surface area contributed by atoms with E-state index in [4.69, 9.17) is 16.3 Å². The maximum absolute atomic E-state index is 5.98. The third-order valence-electron chi connectivity index (χ3n) is 3.63. The van der Waals surface area contributed by atoms with Gasteiger partial charge in [-0.2, -0.15) is 0 Å². The van der Waals surface area contributed by atoms with Crippen molar-refractivity contribution in [2.45, 2.75) is 6.54 Å². The molecule has 4 heteroatoms. The molecule has 1 saturated heterocycles. The SMILES string of the molecule is Clc1cccc(NCc2ccc(N3CCOCC3)cc2)c1. The summed E-state index contributed by atoms with van der Waals surface area (Å²) in [6.45, 7) is 4.38. The Morgan fingerprint density at radius 3 is 2.52 bits per heavy atom. The zero-order valence-corrected chi connectivity index (χ0v) is 12.6. The highest BCUT2D eigenvalue weighted by Crippen LogP contribution is 2.19. The van der Waals surface area contributed by atoms with E-state index in [1.165, 1.54) is 11.3 Å². The summed E-state index contributed by atoms with van der Waals surface area (Å²) in [6, 6.07) is 16.5. The summed E-state index contributed by atoms with van der Waals surface area (Å²) in [4.78, 5) is 2.36. The van der Waals surface area contributed by atoms with Gasteiger partial charge >= 0.3 is 0 Å². The summed E-state index contributed by atoms with van der Waals surface area (Å²) >= 11 is 5.98. The third-order valence-corrected chi connectivity index (χ3v) is 3.87. The summed E-state index contributed by atoms with van der Waals surface area (Å²) in [5.74, 6) is 0. The third kappa shape index (κ3) is 3.90. The van der Waals surface area contributed by atoms with Gasteiger partial charge in [0, 0.05) is 36.0 Å². The second kappa shape index (κ2) is 6.83. The van der Waals surface area contributed by atoms with Crippen molar-refractivity contribution in [2.75, 3.05) is 36.5 Å². The number of hydrogen-bond donors (Lipinski definition) is 1. The number of rotatable bonds is 4. The molecule has 1 aliphatic heterocycles. The van der Waals surface area contributed by atoms with Crippen LogP contribution in [0.5, 0.6) is 0 Å². The molecule has 1 fully saturated rings. The molecule has 0 amide bonds. The first-order valence-electron chi connectivity index (χ1n) is 7.22. The van der Waals surface area contributed by atoms with E-state index in [1.54, 1.807) is 0 Å². The largest absolute Gasteiger partial charge is 0.381 e. The molecule has 0 bridgehead atoms. The van der Waals surface area contributed by atoms with Crippen molar-refractivity contribution in [3.63, 3.8) is 0 Å². The van der Waals surface area contributed by atoms with Gasteiger partial charge in [-0.3, -0.25) is 0 Å². The average Bonchev–Trinajstić information content (AvgIpc) is 2.54. The molecule has 3 rings (SSSR count). The van der Waals surface area contributed by atoms with Crippen LogP contribution in [-0.2, 0) is 11.3 Å². The van der Waals surface area contributed by atoms with Gasteiger partial charge in [0.25, 0.3) is 0 Å². The molecule has 0 atom stereocenters. The predicted molar refractivity (Wildman–Crippen MR) is 88.3 cm³/mol. The van der Waals surface area contributed by atoms with Gasteiger partial charge < -0.3 is 15.0 Å². The number of halogens is 1. The highest BCUT2D eigenvalue weighted by atomic mass is 35.5. The standard InChI is InChI=1S/C17H19ClN2O/c18-15-2-1-3-16(12-15)19-13-14-4-6-17(7-5-14)20-8-10-21-11-9-20/h1-7,12,19H,8-11,13H2. The first-order chi connectivity index (χ1) is 10.3. The molecule has 1 N–H and O–H groups in total. The van der Waals surface area contributed by atoms with E-state index in [-0.39, 0.29) is 0 Å². The first kappa shape index (κ1) is 14.2. The molecule has 0 aliphatic carbocycles. The molecule has 0 aromatic heterocycles. The minimum absolute atomic E-state index is 0.752. The Hall–Kier alpha value is -1.71. The summed E-state index contributed by atoms with van der Waals surface area (Å²) in [5.41, 5.74) is 3.57. The topological polar surface area (TPSA) is 24.5 Å². The van der Waals surface area contributed by atoms with Gasteiger partial charge in [0.15, 0.2) is 0 Å². The Kier molecular flexibility index (Phi) is 4.63. The molecule has 110 valence electrons. The van der Waals surface area contributed by atoms with E-state index < -0.39 is 0 Å². The van der Waals surface area contributed by atoms with Gasteiger partial charge in [0.05, 0.1) is 13.2 Å². The minimum atomic E-state index is 0.752. The van der Waals surface area contributed by atoms with E-state index in [1.807, 2.05) is 24.3 Å². The predicted octanol–water partition coefficient (Wildman–Crippen LogP) is 3.79. The van der Waals surface area contributed by atoms with Gasteiger partial charge in [0.2, 0.25) is 0 Å². The van der Waals surface area contributed by atoms with Gasteiger partial charge in [-0.15, -0.1) is 0 Å².